The average Bonchev–Trinajstić information content (AvgIpc) is 3.61. The zero-order chi connectivity index (χ0) is 24.2. The molecule has 3 aliphatic heterocycles. The van der Waals surface area contributed by atoms with E-state index >= 15 is 0 Å². The fourth-order valence-corrected chi connectivity index (χ4v) is 6.81. The van der Waals surface area contributed by atoms with Crippen LogP contribution in [0.4, 0.5) is 5.82 Å². The molecule has 3 saturated heterocycles. The molecule has 6 rings (SSSR count). The maximum atomic E-state index is 10.9. The summed E-state index contributed by atoms with van der Waals surface area (Å²) in [7, 11) is 0. The number of nitrogens with zero attached hydrogens (tertiary/aromatic N) is 6. The minimum absolute atomic E-state index is 0.141. The van der Waals surface area contributed by atoms with Crippen LogP contribution in [0.25, 0.3) is 11.0 Å². The Morgan fingerprint density at radius 1 is 1.17 bits per heavy atom. The SMILES string of the molecule is Cc1nc(CN2CCC3(CCCN3C[C@H]3O[C@@H](n4ccc5c(N)ncnc54)[C@H](O)[C@@H]3O)CC2)cs1. The molecule has 0 amide bonds. The lowest BCUT2D eigenvalue weighted by molar-refractivity contribution is -0.0578. The second-order valence-corrected chi connectivity index (χ2v) is 11.2. The number of ether oxygens (including phenoxy) is 1. The van der Waals surface area contributed by atoms with Crippen LogP contribution >= 0.6 is 11.3 Å². The molecule has 3 aromatic rings. The maximum absolute atomic E-state index is 10.9. The van der Waals surface area contributed by atoms with Gasteiger partial charge in [-0.15, -0.1) is 11.3 Å². The quantitative estimate of drug-likeness (QED) is 0.479. The third-order valence-electron chi connectivity index (χ3n) is 8.13. The number of aliphatic hydroxyl groups excluding tert-OH is 2. The highest BCUT2D eigenvalue weighted by Gasteiger charge is 2.49. The molecule has 1 spiro atoms. The number of likely N-dealkylation sites (tertiary alicyclic amines) is 2. The standard InChI is InChI=1S/C24H33N7O3S/c1-15-28-16(13-35-15)11-29-9-5-24(6-10-29)4-2-7-30(24)12-18-19(32)20(33)23(34-18)31-8-3-17-21(25)26-14-27-22(17)31/h3,8,13-14,18-20,23,32-33H,2,4-7,9-12H2,1H3,(H2,25,26,27)/t18-,19-,20-,23-/m1/s1. The van der Waals surface area contributed by atoms with Gasteiger partial charge in [0.15, 0.2) is 6.23 Å². The van der Waals surface area contributed by atoms with Crippen molar-refractivity contribution in [2.75, 3.05) is 31.9 Å². The first-order valence-corrected chi connectivity index (χ1v) is 13.3. The van der Waals surface area contributed by atoms with Crippen molar-refractivity contribution in [3.8, 4) is 0 Å². The number of fused-ring (bicyclic) bond motifs is 1. The molecule has 10 nitrogen and oxygen atoms in total. The molecular weight excluding hydrogens is 466 g/mol. The third-order valence-corrected chi connectivity index (χ3v) is 8.95. The van der Waals surface area contributed by atoms with Gasteiger partial charge in [-0.1, -0.05) is 0 Å². The Hall–Kier alpha value is -2.15. The van der Waals surface area contributed by atoms with Crippen molar-refractivity contribution in [2.45, 2.75) is 69.2 Å². The van der Waals surface area contributed by atoms with Crippen LogP contribution in [-0.4, -0.2) is 89.6 Å². The topological polar surface area (TPSA) is 126 Å². The van der Waals surface area contributed by atoms with Crippen molar-refractivity contribution in [1.82, 2.24) is 29.3 Å². The second-order valence-electron chi connectivity index (χ2n) is 10.2. The highest BCUT2D eigenvalue weighted by molar-refractivity contribution is 7.09. The summed E-state index contributed by atoms with van der Waals surface area (Å²) < 4.78 is 8.03. The van der Waals surface area contributed by atoms with Gasteiger partial charge in [0.2, 0.25) is 0 Å². The Morgan fingerprint density at radius 3 is 2.77 bits per heavy atom. The number of piperidine rings is 1. The van der Waals surface area contributed by atoms with E-state index < -0.39 is 24.5 Å². The first-order chi connectivity index (χ1) is 16.9. The van der Waals surface area contributed by atoms with Gasteiger partial charge in [0, 0.05) is 43.3 Å². The molecule has 4 atom stereocenters. The Bertz CT molecular complexity index is 1190. The van der Waals surface area contributed by atoms with Crippen LogP contribution in [0.2, 0.25) is 0 Å². The van der Waals surface area contributed by atoms with Crippen LogP contribution in [0.3, 0.4) is 0 Å². The van der Waals surface area contributed by atoms with Crippen LogP contribution in [0, 0.1) is 6.92 Å². The Kier molecular flexibility index (Phi) is 6.02. The molecule has 0 saturated carbocycles. The number of aliphatic hydroxyl groups is 2. The van der Waals surface area contributed by atoms with E-state index in [4.69, 9.17) is 10.5 Å². The lowest BCUT2D eigenvalue weighted by atomic mass is 9.84. The van der Waals surface area contributed by atoms with Crippen molar-refractivity contribution in [3.05, 3.63) is 34.7 Å². The van der Waals surface area contributed by atoms with E-state index in [9.17, 15) is 10.2 Å². The highest BCUT2D eigenvalue weighted by Crippen LogP contribution is 2.41. The van der Waals surface area contributed by atoms with Crippen LogP contribution in [0.5, 0.6) is 0 Å². The lowest BCUT2D eigenvalue weighted by Gasteiger charge is -2.45. The zero-order valence-electron chi connectivity index (χ0n) is 20.0. The molecule has 4 N–H and O–H groups in total. The van der Waals surface area contributed by atoms with E-state index in [0.717, 1.165) is 50.4 Å². The summed E-state index contributed by atoms with van der Waals surface area (Å²) in [5, 5.41) is 25.8. The van der Waals surface area contributed by atoms with Crippen molar-refractivity contribution < 1.29 is 14.9 Å². The van der Waals surface area contributed by atoms with Gasteiger partial charge in [0.05, 0.1) is 16.1 Å². The van der Waals surface area contributed by atoms with Gasteiger partial charge in [0.25, 0.3) is 0 Å². The van der Waals surface area contributed by atoms with E-state index in [-0.39, 0.29) is 5.54 Å². The van der Waals surface area contributed by atoms with Gasteiger partial charge in [-0.25, -0.2) is 15.0 Å². The molecule has 3 aliphatic rings. The third kappa shape index (κ3) is 4.13. The molecule has 0 unspecified atom stereocenters. The van der Waals surface area contributed by atoms with Crippen molar-refractivity contribution in [3.63, 3.8) is 0 Å². The molecule has 0 aromatic carbocycles. The molecule has 35 heavy (non-hydrogen) atoms. The molecule has 11 heteroatoms. The molecule has 6 heterocycles. The summed E-state index contributed by atoms with van der Waals surface area (Å²) in [5.41, 5.74) is 7.87. The predicted octanol–water partition coefficient (Wildman–Crippen LogP) is 1.53. The molecule has 0 radical (unpaired) electrons. The Balaban J connectivity index is 1.13. The molecule has 0 aliphatic carbocycles. The summed E-state index contributed by atoms with van der Waals surface area (Å²) in [4.78, 5) is 18.0. The molecule has 3 aromatic heterocycles. The smallest absolute Gasteiger partial charge is 0.164 e. The number of nitrogens with two attached hydrogens (primary N) is 1. The first kappa shape index (κ1) is 23.3. The fourth-order valence-electron chi connectivity index (χ4n) is 6.21. The van der Waals surface area contributed by atoms with Crippen LogP contribution in [-0.2, 0) is 11.3 Å². The van der Waals surface area contributed by atoms with Crippen LogP contribution in [0.15, 0.2) is 24.0 Å². The van der Waals surface area contributed by atoms with Crippen molar-refractivity contribution in [1.29, 1.82) is 0 Å². The molecule has 188 valence electrons. The molecule has 3 fully saturated rings. The molecular formula is C24H33N7O3S. The number of aromatic nitrogens is 4. The number of anilines is 1. The van der Waals surface area contributed by atoms with Crippen molar-refractivity contribution in [2.24, 2.45) is 0 Å². The van der Waals surface area contributed by atoms with E-state index in [0.29, 0.717) is 23.4 Å². The second kappa shape index (κ2) is 9.06. The number of rotatable bonds is 5. The summed E-state index contributed by atoms with van der Waals surface area (Å²) >= 11 is 1.71. The molecule has 0 bridgehead atoms. The van der Waals surface area contributed by atoms with Gasteiger partial charge in [-0.05, 0) is 45.2 Å². The summed E-state index contributed by atoms with van der Waals surface area (Å²) in [6.45, 7) is 6.66. The normalized spacial score (nSPS) is 29.6. The Labute approximate surface area is 208 Å². The predicted molar refractivity (Wildman–Crippen MR) is 133 cm³/mol. The summed E-state index contributed by atoms with van der Waals surface area (Å²) in [5.74, 6) is 0.383. The number of hydrogen-bond acceptors (Lipinski definition) is 10. The van der Waals surface area contributed by atoms with Crippen molar-refractivity contribution >= 4 is 28.2 Å². The van der Waals surface area contributed by atoms with E-state index in [2.05, 4.69) is 37.1 Å². The van der Waals surface area contributed by atoms with Gasteiger partial charge in [0.1, 0.15) is 36.1 Å². The summed E-state index contributed by atoms with van der Waals surface area (Å²) in [6.07, 6.45) is 4.50. The van der Waals surface area contributed by atoms with Crippen LogP contribution in [0.1, 0.15) is 42.6 Å². The first-order valence-electron chi connectivity index (χ1n) is 12.4. The van der Waals surface area contributed by atoms with Gasteiger partial charge < -0.3 is 25.3 Å². The summed E-state index contributed by atoms with van der Waals surface area (Å²) in [6, 6.07) is 1.82. The minimum Gasteiger partial charge on any atom is -0.387 e. The largest absolute Gasteiger partial charge is 0.387 e. The zero-order valence-corrected chi connectivity index (χ0v) is 20.8. The van der Waals surface area contributed by atoms with E-state index in [1.54, 1.807) is 22.1 Å². The van der Waals surface area contributed by atoms with Gasteiger partial charge in [-0.2, -0.15) is 0 Å². The van der Waals surface area contributed by atoms with Gasteiger partial charge in [-0.3, -0.25) is 9.80 Å². The monoisotopic (exact) mass is 499 g/mol. The fraction of sp³-hybridized carbons (Fsp3) is 0.625. The average molecular weight is 500 g/mol. The van der Waals surface area contributed by atoms with E-state index in [1.807, 2.05) is 6.07 Å². The Morgan fingerprint density at radius 2 is 2.00 bits per heavy atom. The number of thiazole rings is 1. The van der Waals surface area contributed by atoms with Gasteiger partial charge >= 0.3 is 0 Å². The van der Waals surface area contributed by atoms with Crippen LogP contribution < -0.4 is 5.73 Å². The highest BCUT2D eigenvalue weighted by atomic mass is 32.1. The number of nitrogen functional groups attached to an aromatic ring is 1. The maximum Gasteiger partial charge on any atom is 0.164 e. The minimum atomic E-state index is -1.05. The lowest BCUT2D eigenvalue weighted by Crippen LogP contribution is -2.54. The number of hydrogen-bond donors (Lipinski definition) is 3. The number of aryl methyl sites for hydroxylation is 1. The van der Waals surface area contributed by atoms with E-state index in [1.165, 1.54) is 18.4 Å².